The monoisotopic (exact) mass is 435 g/mol. The lowest BCUT2D eigenvalue weighted by molar-refractivity contribution is -0.117. The quantitative estimate of drug-likeness (QED) is 0.583. The molecule has 1 atom stereocenters. The molecular formula is C20H22ClN3O6. The lowest BCUT2D eigenvalue weighted by Crippen LogP contribution is -2.41. The molecule has 4 N–H and O–H groups in total. The summed E-state index contributed by atoms with van der Waals surface area (Å²) in [6, 6.07) is 6.36. The van der Waals surface area contributed by atoms with Crippen LogP contribution in [-0.4, -0.2) is 45.1 Å². The number of hydrogen-bond acceptors (Lipinski definition) is 6. The van der Waals surface area contributed by atoms with E-state index in [9.17, 15) is 14.4 Å². The summed E-state index contributed by atoms with van der Waals surface area (Å²) in [5.74, 6) is -0.798. The van der Waals surface area contributed by atoms with Gasteiger partial charge in [0.25, 0.3) is 5.91 Å². The third-order valence-electron chi connectivity index (χ3n) is 4.17. The minimum absolute atomic E-state index is 0.0728. The molecule has 0 spiro atoms. The van der Waals surface area contributed by atoms with Gasteiger partial charge < -0.3 is 30.6 Å². The highest BCUT2D eigenvalue weighted by Gasteiger charge is 2.21. The van der Waals surface area contributed by atoms with Gasteiger partial charge in [-0.15, -0.1) is 0 Å². The molecule has 0 heterocycles. The largest absolute Gasteiger partial charge is 0.493 e. The molecule has 0 unspecified atom stereocenters. The molecule has 0 radical (unpaired) electrons. The van der Waals surface area contributed by atoms with E-state index in [0.717, 1.165) is 0 Å². The number of rotatable bonds is 8. The van der Waals surface area contributed by atoms with Crippen molar-refractivity contribution in [2.45, 2.75) is 13.0 Å². The smallest absolute Gasteiger partial charge is 0.252 e. The van der Waals surface area contributed by atoms with E-state index in [4.69, 9.17) is 31.5 Å². The first kappa shape index (κ1) is 22.8. The number of hydrogen-bond donors (Lipinski definition) is 3. The van der Waals surface area contributed by atoms with Gasteiger partial charge >= 0.3 is 0 Å². The van der Waals surface area contributed by atoms with E-state index in [1.807, 2.05) is 0 Å². The van der Waals surface area contributed by atoms with E-state index in [2.05, 4.69) is 10.6 Å². The number of methoxy groups -OCH3 is 3. The van der Waals surface area contributed by atoms with Gasteiger partial charge in [0.05, 0.1) is 31.9 Å². The molecule has 2 aromatic rings. The highest BCUT2D eigenvalue weighted by Crippen LogP contribution is 2.38. The first-order valence-corrected chi connectivity index (χ1v) is 9.10. The summed E-state index contributed by atoms with van der Waals surface area (Å²) in [5, 5.41) is 5.35. The Bertz CT molecular complexity index is 954. The minimum atomic E-state index is -0.899. The summed E-state index contributed by atoms with van der Waals surface area (Å²) in [6.45, 7) is 1.51. The van der Waals surface area contributed by atoms with Crippen LogP contribution in [0.1, 0.15) is 27.6 Å². The summed E-state index contributed by atoms with van der Waals surface area (Å²) in [7, 11) is 4.32. The average Bonchev–Trinajstić information content (AvgIpc) is 2.73. The van der Waals surface area contributed by atoms with Gasteiger partial charge in [-0.25, -0.2) is 0 Å². The Balaban J connectivity index is 2.15. The summed E-state index contributed by atoms with van der Waals surface area (Å²) in [4.78, 5) is 36.4. The standard InChI is InChI=1S/C20H22ClN3O6/c1-10(19(26)24-12-5-6-14(21)13(9-12)18(22)25)23-20(27)11-7-15(28-2)17(30-4)16(8-11)29-3/h5-10H,1-4H3,(H2,22,25)(H,23,27)(H,24,26)/t10-/m0/s1. The number of anilines is 1. The van der Waals surface area contributed by atoms with Crippen LogP contribution in [0.4, 0.5) is 5.69 Å². The van der Waals surface area contributed by atoms with Crippen molar-refractivity contribution in [3.8, 4) is 17.2 Å². The second-order valence-corrected chi connectivity index (χ2v) is 6.56. The van der Waals surface area contributed by atoms with Gasteiger partial charge in [-0.1, -0.05) is 11.6 Å². The van der Waals surface area contributed by atoms with Crippen molar-refractivity contribution in [2.75, 3.05) is 26.6 Å². The van der Waals surface area contributed by atoms with Crippen LogP contribution in [0.5, 0.6) is 17.2 Å². The lowest BCUT2D eigenvalue weighted by atomic mass is 10.1. The average molecular weight is 436 g/mol. The van der Waals surface area contributed by atoms with Gasteiger partial charge in [-0.2, -0.15) is 0 Å². The highest BCUT2D eigenvalue weighted by molar-refractivity contribution is 6.34. The van der Waals surface area contributed by atoms with E-state index < -0.39 is 23.8 Å². The lowest BCUT2D eigenvalue weighted by Gasteiger charge is -2.17. The predicted molar refractivity (Wildman–Crippen MR) is 112 cm³/mol. The number of nitrogens with one attached hydrogen (secondary N) is 2. The fraction of sp³-hybridized carbons (Fsp3) is 0.250. The molecule has 2 aromatic carbocycles. The highest BCUT2D eigenvalue weighted by atomic mass is 35.5. The van der Waals surface area contributed by atoms with Crippen molar-refractivity contribution >= 4 is 35.0 Å². The number of amides is 3. The molecule has 160 valence electrons. The van der Waals surface area contributed by atoms with E-state index >= 15 is 0 Å². The number of ether oxygens (including phenoxy) is 3. The molecule has 10 heteroatoms. The number of carbonyl (C=O) groups is 3. The second-order valence-electron chi connectivity index (χ2n) is 6.16. The molecule has 9 nitrogen and oxygen atoms in total. The van der Waals surface area contributed by atoms with Crippen LogP contribution >= 0.6 is 11.6 Å². The van der Waals surface area contributed by atoms with Crippen LogP contribution < -0.4 is 30.6 Å². The van der Waals surface area contributed by atoms with Crippen molar-refractivity contribution in [3.63, 3.8) is 0 Å². The Kier molecular flexibility index (Phi) is 7.48. The Morgan fingerprint density at radius 3 is 2.10 bits per heavy atom. The van der Waals surface area contributed by atoms with E-state index in [-0.39, 0.29) is 16.1 Å². The molecular weight excluding hydrogens is 414 g/mol. The van der Waals surface area contributed by atoms with Crippen LogP contribution in [0.3, 0.4) is 0 Å². The van der Waals surface area contributed by atoms with Gasteiger partial charge in [-0.05, 0) is 37.3 Å². The molecule has 0 saturated carbocycles. The molecule has 3 amide bonds. The van der Waals surface area contributed by atoms with Crippen LogP contribution in [-0.2, 0) is 4.79 Å². The normalized spacial score (nSPS) is 11.2. The van der Waals surface area contributed by atoms with Gasteiger partial charge in [0.2, 0.25) is 17.6 Å². The topological polar surface area (TPSA) is 129 Å². The fourth-order valence-electron chi connectivity index (χ4n) is 2.60. The summed E-state index contributed by atoms with van der Waals surface area (Å²) in [6.07, 6.45) is 0. The third kappa shape index (κ3) is 5.12. The second kappa shape index (κ2) is 9.84. The number of benzene rings is 2. The zero-order valence-corrected chi connectivity index (χ0v) is 17.6. The van der Waals surface area contributed by atoms with Crippen LogP contribution in [0.15, 0.2) is 30.3 Å². The molecule has 2 rings (SSSR count). The number of primary amides is 1. The molecule has 0 aliphatic heterocycles. The third-order valence-corrected chi connectivity index (χ3v) is 4.50. The predicted octanol–water partition coefficient (Wildman–Crippen LogP) is 2.22. The van der Waals surface area contributed by atoms with E-state index in [1.54, 1.807) is 0 Å². The zero-order chi connectivity index (χ0) is 22.4. The maximum Gasteiger partial charge on any atom is 0.252 e. The molecule has 0 fully saturated rings. The van der Waals surface area contributed by atoms with Gasteiger partial charge in [-0.3, -0.25) is 14.4 Å². The van der Waals surface area contributed by atoms with Crippen molar-refractivity contribution in [2.24, 2.45) is 5.73 Å². The number of halogens is 1. The Morgan fingerprint density at radius 2 is 1.60 bits per heavy atom. The van der Waals surface area contributed by atoms with Gasteiger partial charge in [0.1, 0.15) is 6.04 Å². The minimum Gasteiger partial charge on any atom is -0.493 e. The molecule has 0 aliphatic carbocycles. The maximum atomic E-state index is 12.6. The zero-order valence-electron chi connectivity index (χ0n) is 16.9. The van der Waals surface area contributed by atoms with Crippen molar-refractivity contribution in [1.29, 1.82) is 0 Å². The molecule has 0 aliphatic rings. The molecule has 0 aromatic heterocycles. The van der Waals surface area contributed by atoms with Crippen LogP contribution in [0.25, 0.3) is 0 Å². The Hall–Kier alpha value is -3.46. The van der Waals surface area contributed by atoms with Gasteiger partial charge in [0.15, 0.2) is 11.5 Å². The van der Waals surface area contributed by atoms with E-state index in [1.165, 1.54) is 58.6 Å². The summed E-state index contributed by atoms with van der Waals surface area (Å²) in [5.41, 5.74) is 5.85. The molecule has 0 saturated heterocycles. The number of nitrogens with two attached hydrogens (primary N) is 1. The first-order chi connectivity index (χ1) is 14.2. The van der Waals surface area contributed by atoms with Gasteiger partial charge in [0, 0.05) is 11.3 Å². The van der Waals surface area contributed by atoms with Crippen molar-refractivity contribution in [3.05, 3.63) is 46.5 Å². The Labute approximate surface area is 178 Å². The van der Waals surface area contributed by atoms with Crippen LogP contribution in [0, 0.1) is 0 Å². The van der Waals surface area contributed by atoms with E-state index in [0.29, 0.717) is 22.9 Å². The maximum absolute atomic E-state index is 12.6. The summed E-state index contributed by atoms with van der Waals surface area (Å²) < 4.78 is 15.7. The Morgan fingerprint density at radius 1 is 1.00 bits per heavy atom. The van der Waals surface area contributed by atoms with Crippen molar-refractivity contribution < 1.29 is 28.6 Å². The first-order valence-electron chi connectivity index (χ1n) is 8.72. The summed E-state index contributed by atoms with van der Waals surface area (Å²) >= 11 is 5.90. The van der Waals surface area contributed by atoms with Crippen molar-refractivity contribution in [1.82, 2.24) is 5.32 Å². The van der Waals surface area contributed by atoms with Crippen LogP contribution in [0.2, 0.25) is 5.02 Å². The fourth-order valence-corrected chi connectivity index (χ4v) is 2.81. The molecule has 0 bridgehead atoms. The SMILES string of the molecule is COc1cc(C(=O)N[C@@H](C)C(=O)Nc2ccc(Cl)c(C(N)=O)c2)cc(OC)c1OC. The molecule has 30 heavy (non-hydrogen) atoms. The number of carbonyl (C=O) groups excluding carboxylic acids is 3.